The van der Waals surface area contributed by atoms with Gasteiger partial charge in [-0.3, -0.25) is 4.90 Å². The minimum atomic E-state index is 0.0187. The molecule has 3 rings (SSSR count). The Labute approximate surface area is 139 Å². The van der Waals surface area contributed by atoms with Gasteiger partial charge in [0.1, 0.15) is 5.82 Å². The maximum atomic E-state index is 4.82. The summed E-state index contributed by atoms with van der Waals surface area (Å²) in [5, 5.41) is 0. The van der Waals surface area contributed by atoms with Crippen LogP contribution in [-0.2, 0) is 24.9 Å². The second-order valence-electron chi connectivity index (χ2n) is 7.74. The summed E-state index contributed by atoms with van der Waals surface area (Å²) in [6.07, 6.45) is 3.06. The lowest BCUT2D eigenvalue weighted by Crippen LogP contribution is -2.32. The second kappa shape index (κ2) is 6.04. The first-order valence-electron chi connectivity index (χ1n) is 8.47. The van der Waals surface area contributed by atoms with Crippen molar-refractivity contribution in [3.05, 3.63) is 58.2 Å². The predicted molar refractivity (Wildman–Crippen MR) is 94.5 cm³/mol. The van der Waals surface area contributed by atoms with E-state index < -0.39 is 0 Å². The van der Waals surface area contributed by atoms with Gasteiger partial charge in [-0.05, 0) is 30.5 Å². The Kier molecular flexibility index (Phi) is 4.24. The average Bonchev–Trinajstić information content (AvgIpc) is 2.50. The van der Waals surface area contributed by atoms with E-state index >= 15 is 0 Å². The molecule has 0 amide bonds. The van der Waals surface area contributed by atoms with Crippen LogP contribution in [0.1, 0.15) is 54.5 Å². The predicted octanol–water partition coefficient (Wildman–Crippen LogP) is 3.95. The highest BCUT2D eigenvalue weighted by Gasteiger charge is 2.23. The van der Waals surface area contributed by atoms with Crippen molar-refractivity contribution >= 4 is 0 Å². The van der Waals surface area contributed by atoms with E-state index in [-0.39, 0.29) is 5.41 Å². The van der Waals surface area contributed by atoms with Gasteiger partial charge in [-0.15, -0.1) is 0 Å². The summed E-state index contributed by atoms with van der Waals surface area (Å²) in [6, 6.07) is 6.59. The molecule has 1 aromatic carbocycles. The van der Waals surface area contributed by atoms with Gasteiger partial charge in [-0.2, -0.15) is 0 Å². The van der Waals surface area contributed by atoms with Crippen molar-refractivity contribution in [1.29, 1.82) is 0 Å². The van der Waals surface area contributed by atoms with Gasteiger partial charge in [-0.25, -0.2) is 9.97 Å². The lowest BCUT2D eigenvalue weighted by molar-refractivity contribution is 0.241. The number of hydrogen-bond acceptors (Lipinski definition) is 3. The molecule has 23 heavy (non-hydrogen) atoms. The van der Waals surface area contributed by atoms with Crippen LogP contribution in [0.4, 0.5) is 0 Å². The molecule has 3 heteroatoms. The first-order chi connectivity index (χ1) is 10.8. The van der Waals surface area contributed by atoms with Gasteiger partial charge in [0.15, 0.2) is 0 Å². The third kappa shape index (κ3) is 3.45. The first-order valence-corrected chi connectivity index (χ1v) is 8.47. The lowest BCUT2D eigenvalue weighted by atomic mass is 9.95. The summed E-state index contributed by atoms with van der Waals surface area (Å²) in [6.45, 7) is 14.0. The average molecular weight is 309 g/mol. The summed E-state index contributed by atoms with van der Waals surface area (Å²) >= 11 is 0. The van der Waals surface area contributed by atoms with E-state index in [1.165, 1.54) is 27.9 Å². The van der Waals surface area contributed by atoms with Crippen molar-refractivity contribution in [3.63, 3.8) is 0 Å². The van der Waals surface area contributed by atoms with Crippen molar-refractivity contribution in [2.45, 2.75) is 59.5 Å². The normalized spacial score (nSPS) is 15.5. The van der Waals surface area contributed by atoms with E-state index in [9.17, 15) is 0 Å². The zero-order valence-corrected chi connectivity index (χ0v) is 15.0. The van der Waals surface area contributed by atoms with Crippen LogP contribution in [-0.4, -0.2) is 21.4 Å². The monoisotopic (exact) mass is 309 g/mol. The maximum Gasteiger partial charge on any atom is 0.133 e. The minimum Gasteiger partial charge on any atom is -0.294 e. The molecule has 2 heterocycles. The Morgan fingerprint density at radius 1 is 1.17 bits per heavy atom. The zero-order chi connectivity index (χ0) is 16.6. The highest BCUT2D eigenvalue weighted by atomic mass is 15.1. The molecule has 1 aliphatic heterocycles. The highest BCUT2D eigenvalue weighted by Crippen LogP contribution is 2.24. The number of nitrogens with zero attached hydrogens (tertiary/aromatic N) is 3. The number of rotatable bonds is 2. The Morgan fingerprint density at radius 2 is 1.96 bits per heavy atom. The molecule has 0 unspecified atom stereocenters. The summed E-state index contributed by atoms with van der Waals surface area (Å²) in [7, 11) is 0. The number of fused-ring (bicyclic) bond motifs is 1. The number of aromatic nitrogens is 2. The molecule has 0 saturated carbocycles. The van der Waals surface area contributed by atoms with Gasteiger partial charge in [0.05, 0.1) is 0 Å². The molecule has 122 valence electrons. The third-order valence-electron chi connectivity index (χ3n) is 4.79. The fourth-order valence-corrected chi connectivity index (χ4v) is 3.09. The fraction of sp³-hybridized carbons (Fsp3) is 0.500. The van der Waals surface area contributed by atoms with Gasteiger partial charge in [0, 0.05) is 48.9 Å². The third-order valence-corrected chi connectivity index (χ3v) is 4.79. The maximum absolute atomic E-state index is 4.82. The van der Waals surface area contributed by atoms with Gasteiger partial charge in [0.25, 0.3) is 0 Å². The smallest absolute Gasteiger partial charge is 0.133 e. The lowest BCUT2D eigenvalue weighted by Gasteiger charge is -2.29. The zero-order valence-electron chi connectivity index (χ0n) is 15.0. The van der Waals surface area contributed by atoms with Crippen molar-refractivity contribution < 1.29 is 0 Å². The Balaban J connectivity index is 1.77. The molecule has 0 fully saturated rings. The van der Waals surface area contributed by atoms with Crippen molar-refractivity contribution in [2.24, 2.45) is 0 Å². The van der Waals surface area contributed by atoms with Crippen molar-refractivity contribution in [3.8, 4) is 0 Å². The molecule has 2 aromatic rings. The highest BCUT2D eigenvalue weighted by molar-refractivity contribution is 5.33. The van der Waals surface area contributed by atoms with E-state index in [0.29, 0.717) is 0 Å². The van der Waals surface area contributed by atoms with E-state index in [1.54, 1.807) is 0 Å². The molecule has 0 atom stereocenters. The minimum absolute atomic E-state index is 0.0187. The van der Waals surface area contributed by atoms with Gasteiger partial charge >= 0.3 is 0 Å². The second-order valence-corrected chi connectivity index (χ2v) is 7.74. The molecule has 0 bridgehead atoms. The van der Waals surface area contributed by atoms with Crippen LogP contribution < -0.4 is 0 Å². The Morgan fingerprint density at radius 3 is 2.70 bits per heavy atom. The van der Waals surface area contributed by atoms with E-state index in [2.05, 4.69) is 62.7 Å². The van der Waals surface area contributed by atoms with Crippen molar-refractivity contribution in [2.75, 3.05) is 6.54 Å². The van der Waals surface area contributed by atoms with Crippen LogP contribution in [0, 0.1) is 13.8 Å². The molecule has 3 nitrogen and oxygen atoms in total. The van der Waals surface area contributed by atoms with Gasteiger partial charge in [0.2, 0.25) is 0 Å². The molecule has 0 aliphatic carbocycles. The molecule has 0 radical (unpaired) electrons. The Hall–Kier alpha value is -1.74. The largest absolute Gasteiger partial charge is 0.294 e. The molecule has 0 saturated heterocycles. The molecule has 0 N–H and O–H groups in total. The van der Waals surface area contributed by atoms with Gasteiger partial charge < -0.3 is 0 Å². The molecular formula is C20H27N3. The fourth-order valence-electron chi connectivity index (χ4n) is 3.09. The van der Waals surface area contributed by atoms with Crippen LogP contribution in [0.2, 0.25) is 0 Å². The summed E-state index contributed by atoms with van der Waals surface area (Å²) in [5.41, 5.74) is 6.76. The van der Waals surface area contributed by atoms with Crippen LogP contribution in [0.5, 0.6) is 0 Å². The quantitative estimate of drug-likeness (QED) is 0.841. The molecule has 0 spiro atoms. The van der Waals surface area contributed by atoms with Crippen LogP contribution in [0.25, 0.3) is 0 Å². The topological polar surface area (TPSA) is 29.0 Å². The van der Waals surface area contributed by atoms with E-state index in [0.717, 1.165) is 31.9 Å². The first kappa shape index (κ1) is 16.1. The summed E-state index contributed by atoms with van der Waals surface area (Å²) in [5.74, 6) is 0.958. The van der Waals surface area contributed by atoms with Crippen molar-refractivity contribution in [1.82, 2.24) is 14.9 Å². The van der Waals surface area contributed by atoms with E-state index in [1.807, 2.05) is 6.20 Å². The van der Waals surface area contributed by atoms with Gasteiger partial charge in [-0.1, -0.05) is 39.0 Å². The van der Waals surface area contributed by atoms with Crippen LogP contribution in [0.3, 0.4) is 0 Å². The van der Waals surface area contributed by atoms with Crippen LogP contribution >= 0.6 is 0 Å². The molecular weight excluding hydrogens is 282 g/mol. The summed E-state index contributed by atoms with van der Waals surface area (Å²) in [4.78, 5) is 11.9. The number of hydrogen-bond donors (Lipinski definition) is 0. The summed E-state index contributed by atoms with van der Waals surface area (Å²) < 4.78 is 0. The Bertz CT molecular complexity index is 713. The number of aryl methyl sites for hydroxylation is 1. The standard InChI is InChI=1S/C20H27N3/c1-14-7-6-8-16(15(14)2)12-23-10-9-18-17(13-23)11-21-19(22-18)20(3,4)5/h6-8,11H,9-10,12-13H2,1-5H3. The van der Waals surface area contributed by atoms with Crippen LogP contribution in [0.15, 0.2) is 24.4 Å². The molecule has 1 aliphatic rings. The molecule has 1 aromatic heterocycles. The SMILES string of the molecule is Cc1cccc(CN2CCc3nc(C(C)(C)C)ncc3C2)c1C. The van der Waals surface area contributed by atoms with E-state index in [4.69, 9.17) is 4.98 Å². The number of benzene rings is 1.